The number of benzene rings is 2. The molecular weight excluding hydrogens is 286 g/mol. The summed E-state index contributed by atoms with van der Waals surface area (Å²) in [7, 11) is 1.63. The molecule has 4 heteroatoms. The zero-order valence-electron chi connectivity index (χ0n) is 12.3. The van der Waals surface area contributed by atoms with Gasteiger partial charge in [0.15, 0.2) is 0 Å². The summed E-state index contributed by atoms with van der Waals surface area (Å²) in [6.07, 6.45) is 1.71. The molecule has 0 spiro atoms. The van der Waals surface area contributed by atoms with Crippen molar-refractivity contribution in [1.29, 1.82) is 0 Å². The maximum absolute atomic E-state index is 6.29. The summed E-state index contributed by atoms with van der Waals surface area (Å²) in [5, 5.41) is 0.685. The van der Waals surface area contributed by atoms with Gasteiger partial charge in [-0.2, -0.15) is 0 Å². The molecular formula is C17H20ClNO2. The first-order chi connectivity index (χ1) is 10.1. The molecule has 0 fully saturated rings. The van der Waals surface area contributed by atoms with Crippen molar-refractivity contribution in [3.05, 3.63) is 53.1 Å². The van der Waals surface area contributed by atoms with Gasteiger partial charge >= 0.3 is 0 Å². The lowest BCUT2D eigenvalue weighted by Crippen LogP contribution is -2.21. The van der Waals surface area contributed by atoms with Crippen molar-refractivity contribution < 1.29 is 9.47 Å². The normalized spacial score (nSPS) is 12.0. The maximum Gasteiger partial charge on any atom is 0.128 e. The Bertz CT molecular complexity index is 584. The van der Waals surface area contributed by atoms with Crippen LogP contribution in [0.2, 0.25) is 5.02 Å². The lowest BCUT2D eigenvalue weighted by Gasteiger charge is -2.12. The van der Waals surface area contributed by atoms with Crippen LogP contribution in [0.4, 0.5) is 0 Å². The molecule has 0 aliphatic rings. The maximum atomic E-state index is 6.29. The average molecular weight is 306 g/mol. The van der Waals surface area contributed by atoms with Gasteiger partial charge in [-0.1, -0.05) is 24.6 Å². The van der Waals surface area contributed by atoms with Crippen LogP contribution in [0.15, 0.2) is 42.5 Å². The molecule has 0 amide bonds. The number of methoxy groups -OCH3 is 1. The Kier molecular flexibility index (Phi) is 5.48. The van der Waals surface area contributed by atoms with Crippen LogP contribution >= 0.6 is 11.6 Å². The molecule has 0 saturated heterocycles. The molecule has 0 saturated carbocycles. The number of nitrogens with two attached hydrogens (primary N) is 1. The lowest BCUT2D eigenvalue weighted by atomic mass is 10.0. The van der Waals surface area contributed by atoms with Crippen molar-refractivity contribution in [2.75, 3.05) is 7.11 Å². The van der Waals surface area contributed by atoms with Crippen molar-refractivity contribution >= 4 is 11.6 Å². The van der Waals surface area contributed by atoms with Gasteiger partial charge in [0.05, 0.1) is 7.11 Å². The average Bonchev–Trinajstić information content (AvgIpc) is 2.50. The highest BCUT2D eigenvalue weighted by molar-refractivity contribution is 6.31. The largest absolute Gasteiger partial charge is 0.497 e. The van der Waals surface area contributed by atoms with Gasteiger partial charge in [0, 0.05) is 11.1 Å². The van der Waals surface area contributed by atoms with Crippen molar-refractivity contribution in [3.8, 4) is 17.2 Å². The van der Waals surface area contributed by atoms with Crippen LogP contribution in [-0.4, -0.2) is 13.2 Å². The molecule has 2 rings (SSSR count). The van der Waals surface area contributed by atoms with Crippen LogP contribution in [0.1, 0.15) is 18.9 Å². The molecule has 21 heavy (non-hydrogen) atoms. The van der Waals surface area contributed by atoms with E-state index < -0.39 is 0 Å². The van der Waals surface area contributed by atoms with Crippen molar-refractivity contribution in [2.24, 2.45) is 5.73 Å². The van der Waals surface area contributed by atoms with Crippen molar-refractivity contribution in [3.63, 3.8) is 0 Å². The molecule has 112 valence electrons. The first kappa shape index (κ1) is 15.7. The second-order valence-corrected chi connectivity index (χ2v) is 5.31. The van der Waals surface area contributed by atoms with Crippen LogP contribution in [-0.2, 0) is 6.42 Å². The topological polar surface area (TPSA) is 44.5 Å². The van der Waals surface area contributed by atoms with Gasteiger partial charge in [-0.3, -0.25) is 0 Å². The fourth-order valence-electron chi connectivity index (χ4n) is 1.96. The minimum absolute atomic E-state index is 0.135. The van der Waals surface area contributed by atoms with E-state index in [1.54, 1.807) is 7.11 Å². The number of hydrogen-bond acceptors (Lipinski definition) is 3. The summed E-state index contributed by atoms with van der Waals surface area (Å²) in [5.74, 6) is 2.24. The van der Waals surface area contributed by atoms with Crippen molar-refractivity contribution in [1.82, 2.24) is 0 Å². The van der Waals surface area contributed by atoms with Crippen LogP contribution in [0.3, 0.4) is 0 Å². The summed E-state index contributed by atoms with van der Waals surface area (Å²) >= 11 is 6.29. The molecule has 0 aliphatic heterocycles. The standard InChI is InChI=1S/C17H20ClNO2/c1-3-13(19)10-12-4-5-16(11-17(12)18)21-15-8-6-14(20-2)7-9-15/h4-9,11,13H,3,10,19H2,1-2H3. The van der Waals surface area contributed by atoms with Gasteiger partial charge in [0.2, 0.25) is 0 Å². The second-order valence-electron chi connectivity index (χ2n) is 4.90. The molecule has 0 heterocycles. The van der Waals surface area contributed by atoms with Gasteiger partial charge in [0.1, 0.15) is 17.2 Å². The Morgan fingerprint density at radius 3 is 2.24 bits per heavy atom. The quantitative estimate of drug-likeness (QED) is 0.859. The second kappa shape index (κ2) is 7.34. The molecule has 1 unspecified atom stereocenters. The van der Waals surface area contributed by atoms with Crippen LogP contribution in [0.5, 0.6) is 17.2 Å². The van der Waals surface area contributed by atoms with E-state index in [2.05, 4.69) is 6.92 Å². The highest BCUT2D eigenvalue weighted by Gasteiger charge is 2.07. The molecule has 3 nitrogen and oxygen atoms in total. The Morgan fingerprint density at radius 1 is 1.05 bits per heavy atom. The minimum atomic E-state index is 0.135. The Balaban J connectivity index is 2.08. The predicted molar refractivity (Wildman–Crippen MR) is 86.5 cm³/mol. The van der Waals surface area contributed by atoms with E-state index in [-0.39, 0.29) is 6.04 Å². The number of halogens is 1. The third kappa shape index (κ3) is 4.38. The predicted octanol–water partition coefficient (Wildman–Crippen LogP) is 4.42. The van der Waals surface area contributed by atoms with Gasteiger partial charge in [-0.25, -0.2) is 0 Å². The van der Waals surface area contributed by atoms with Crippen LogP contribution < -0.4 is 15.2 Å². The summed E-state index contributed by atoms with van der Waals surface area (Å²) in [4.78, 5) is 0. The molecule has 0 aromatic heterocycles. The zero-order valence-corrected chi connectivity index (χ0v) is 13.1. The molecule has 0 aliphatic carbocycles. The van der Waals surface area contributed by atoms with Gasteiger partial charge in [-0.15, -0.1) is 0 Å². The molecule has 0 radical (unpaired) electrons. The number of hydrogen-bond donors (Lipinski definition) is 1. The van der Waals surface area contributed by atoms with E-state index in [9.17, 15) is 0 Å². The van der Waals surface area contributed by atoms with E-state index in [4.69, 9.17) is 26.8 Å². The third-order valence-electron chi connectivity index (χ3n) is 3.33. The lowest BCUT2D eigenvalue weighted by molar-refractivity contribution is 0.413. The highest BCUT2D eigenvalue weighted by Crippen LogP contribution is 2.28. The monoisotopic (exact) mass is 305 g/mol. The molecule has 2 aromatic carbocycles. The summed E-state index contributed by atoms with van der Waals surface area (Å²) in [6, 6.07) is 13.3. The molecule has 0 bridgehead atoms. The SMILES string of the molecule is CCC(N)Cc1ccc(Oc2ccc(OC)cc2)cc1Cl. The highest BCUT2D eigenvalue weighted by atomic mass is 35.5. The zero-order chi connectivity index (χ0) is 15.2. The van der Waals surface area contributed by atoms with E-state index in [0.717, 1.165) is 29.9 Å². The number of rotatable bonds is 6. The first-order valence-electron chi connectivity index (χ1n) is 6.98. The molecule has 2 aromatic rings. The molecule has 1 atom stereocenters. The van der Waals surface area contributed by atoms with E-state index >= 15 is 0 Å². The Hall–Kier alpha value is -1.71. The fourth-order valence-corrected chi connectivity index (χ4v) is 2.21. The van der Waals surface area contributed by atoms with Gasteiger partial charge in [-0.05, 0) is 54.8 Å². The van der Waals surface area contributed by atoms with Crippen LogP contribution in [0.25, 0.3) is 0 Å². The van der Waals surface area contributed by atoms with E-state index in [0.29, 0.717) is 10.8 Å². The smallest absolute Gasteiger partial charge is 0.128 e. The minimum Gasteiger partial charge on any atom is -0.497 e. The van der Waals surface area contributed by atoms with Gasteiger partial charge < -0.3 is 15.2 Å². The summed E-state index contributed by atoms with van der Waals surface area (Å²) in [6.45, 7) is 2.07. The van der Waals surface area contributed by atoms with Gasteiger partial charge in [0.25, 0.3) is 0 Å². The summed E-state index contributed by atoms with van der Waals surface area (Å²) < 4.78 is 10.9. The Morgan fingerprint density at radius 2 is 1.67 bits per heavy atom. The van der Waals surface area contributed by atoms with E-state index in [1.165, 1.54) is 0 Å². The first-order valence-corrected chi connectivity index (χ1v) is 7.36. The Labute approximate surface area is 130 Å². The summed E-state index contributed by atoms with van der Waals surface area (Å²) in [5.41, 5.74) is 7.01. The fraction of sp³-hybridized carbons (Fsp3) is 0.294. The van der Waals surface area contributed by atoms with Crippen LogP contribution in [0, 0.1) is 0 Å². The van der Waals surface area contributed by atoms with E-state index in [1.807, 2.05) is 42.5 Å². The van der Waals surface area contributed by atoms with Crippen molar-refractivity contribution in [2.45, 2.75) is 25.8 Å². The number of ether oxygens (including phenoxy) is 2. The third-order valence-corrected chi connectivity index (χ3v) is 3.68. The molecule has 2 N–H and O–H groups in total.